The summed E-state index contributed by atoms with van der Waals surface area (Å²) in [5.41, 5.74) is 3.49. The Hall–Kier alpha value is -3.20. The number of nitrogens with zero attached hydrogens (tertiary/aromatic N) is 6. The van der Waals surface area contributed by atoms with Gasteiger partial charge in [-0.05, 0) is 43.8 Å². The smallest absolute Gasteiger partial charge is 0.267 e. The Morgan fingerprint density at radius 1 is 1.16 bits per heavy atom. The lowest BCUT2D eigenvalue weighted by atomic mass is 9.96. The van der Waals surface area contributed by atoms with Gasteiger partial charge in [-0.1, -0.05) is 34.8 Å². The van der Waals surface area contributed by atoms with Crippen LogP contribution in [0, 0.1) is 13.8 Å². The van der Waals surface area contributed by atoms with Crippen molar-refractivity contribution < 1.29 is 9.59 Å². The maximum atomic E-state index is 13.0. The number of amides is 2. The van der Waals surface area contributed by atoms with E-state index in [0.717, 1.165) is 41.2 Å². The first-order chi connectivity index (χ1) is 15.5. The number of aromatic nitrogens is 4. The molecule has 9 heteroatoms. The molecule has 2 aliphatic heterocycles. The Morgan fingerprint density at radius 3 is 2.72 bits per heavy atom. The molecule has 3 aromatic rings. The minimum Gasteiger partial charge on any atom is -0.337 e. The lowest BCUT2D eigenvalue weighted by Crippen LogP contribution is -2.39. The summed E-state index contributed by atoms with van der Waals surface area (Å²) in [7, 11) is 0. The molecule has 0 saturated carbocycles. The highest BCUT2D eigenvalue weighted by Gasteiger charge is 2.34. The predicted molar refractivity (Wildman–Crippen MR) is 121 cm³/mol. The van der Waals surface area contributed by atoms with E-state index in [1.807, 2.05) is 49.1 Å². The van der Waals surface area contributed by atoms with E-state index >= 15 is 0 Å². The first kappa shape index (κ1) is 20.7. The summed E-state index contributed by atoms with van der Waals surface area (Å²) in [6, 6.07) is 9.94. The Labute approximate surface area is 190 Å². The third-order valence-corrected chi connectivity index (χ3v) is 7.01. The first-order valence-electron chi connectivity index (χ1n) is 10.8. The van der Waals surface area contributed by atoms with E-state index in [9.17, 15) is 9.59 Å². The highest BCUT2D eigenvalue weighted by atomic mass is 32.1. The standard InChI is InChI=1S/C23H24N6O2S/c1-14-18-11-19(30)29(12-16-7-4-3-5-8-16)22(18)25-21(24-14)17-9-6-10-28(13-17)23(31)20-15(2)26-27-32-20/h3-5,7-8,17H,6,9-13H2,1-2H3/t17-/m1/s1. The third kappa shape index (κ3) is 3.77. The van der Waals surface area contributed by atoms with Gasteiger partial charge in [0, 0.05) is 30.3 Å². The minimum absolute atomic E-state index is 0.0269. The van der Waals surface area contributed by atoms with Crippen LogP contribution >= 0.6 is 11.5 Å². The molecule has 1 saturated heterocycles. The number of anilines is 1. The number of carbonyl (C=O) groups is 2. The summed E-state index contributed by atoms with van der Waals surface area (Å²) in [5, 5.41) is 3.97. The van der Waals surface area contributed by atoms with Crippen LogP contribution in [-0.4, -0.2) is 49.4 Å². The Balaban J connectivity index is 1.41. The molecule has 8 nitrogen and oxygen atoms in total. The quantitative estimate of drug-likeness (QED) is 0.609. The molecular formula is C23H24N6O2S. The van der Waals surface area contributed by atoms with Crippen molar-refractivity contribution >= 4 is 29.2 Å². The molecule has 0 N–H and O–H groups in total. The fourth-order valence-corrected chi connectivity index (χ4v) is 5.08. The first-order valence-corrected chi connectivity index (χ1v) is 11.6. The van der Waals surface area contributed by atoms with Gasteiger partial charge in [0.15, 0.2) is 0 Å². The second kappa shape index (κ2) is 8.38. The third-order valence-electron chi connectivity index (χ3n) is 6.20. The SMILES string of the molecule is Cc1nnsc1C(=O)N1CCC[C@@H](c2nc(C)c3c(n2)N(Cc2ccccc2)C(=O)C3)C1. The van der Waals surface area contributed by atoms with Crippen molar-refractivity contribution in [3.8, 4) is 0 Å². The van der Waals surface area contributed by atoms with Gasteiger partial charge >= 0.3 is 0 Å². The Morgan fingerprint density at radius 2 is 1.97 bits per heavy atom. The van der Waals surface area contributed by atoms with E-state index in [0.29, 0.717) is 48.3 Å². The van der Waals surface area contributed by atoms with Gasteiger partial charge in [0.25, 0.3) is 5.91 Å². The number of hydrogen-bond donors (Lipinski definition) is 0. The van der Waals surface area contributed by atoms with Crippen LogP contribution in [0.15, 0.2) is 30.3 Å². The molecule has 2 amide bonds. The van der Waals surface area contributed by atoms with E-state index in [2.05, 4.69) is 9.59 Å². The lowest BCUT2D eigenvalue weighted by Gasteiger charge is -2.32. The average Bonchev–Trinajstić information content (AvgIpc) is 3.37. The molecule has 2 aromatic heterocycles. The van der Waals surface area contributed by atoms with Crippen LogP contribution in [0.5, 0.6) is 0 Å². The largest absolute Gasteiger partial charge is 0.337 e. The van der Waals surface area contributed by atoms with Crippen LogP contribution in [-0.2, 0) is 17.8 Å². The van der Waals surface area contributed by atoms with Crippen molar-refractivity contribution in [3.63, 3.8) is 0 Å². The molecule has 1 aromatic carbocycles. The molecule has 0 aliphatic carbocycles. The minimum atomic E-state index is -0.0269. The summed E-state index contributed by atoms with van der Waals surface area (Å²) >= 11 is 1.14. The van der Waals surface area contributed by atoms with Crippen LogP contribution in [0.4, 0.5) is 5.82 Å². The van der Waals surface area contributed by atoms with Crippen LogP contribution in [0.1, 0.15) is 56.8 Å². The molecule has 32 heavy (non-hydrogen) atoms. The van der Waals surface area contributed by atoms with E-state index in [1.165, 1.54) is 0 Å². The van der Waals surface area contributed by atoms with Gasteiger partial charge in [0.05, 0.1) is 18.7 Å². The van der Waals surface area contributed by atoms with Gasteiger partial charge in [-0.25, -0.2) is 9.97 Å². The second-order valence-electron chi connectivity index (χ2n) is 8.39. The molecule has 0 radical (unpaired) electrons. The number of piperidine rings is 1. The van der Waals surface area contributed by atoms with Crippen LogP contribution in [0.2, 0.25) is 0 Å². The van der Waals surface area contributed by atoms with Crippen molar-refractivity contribution in [2.45, 2.75) is 45.6 Å². The van der Waals surface area contributed by atoms with Gasteiger partial charge < -0.3 is 4.90 Å². The van der Waals surface area contributed by atoms with Crippen LogP contribution in [0.25, 0.3) is 0 Å². The van der Waals surface area contributed by atoms with Crippen molar-refractivity contribution in [2.24, 2.45) is 0 Å². The van der Waals surface area contributed by atoms with Gasteiger partial charge in [-0.15, -0.1) is 5.10 Å². The highest BCUT2D eigenvalue weighted by molar-refractivity contribution is 7.07. The van der Waals surface area contributed by atoms with Crippen LogP contribution in [0.3, 0.4) is 0 Å². The molecular weight excluding hydrogens is 424 g/mol. The van der Waals surface area contributed by atoms with Crippen molar-refractivity contribution in [1.29, 1.82) is 0 Å². The van der Waals surface area contributed by atoms with Crippen LogP contribution < -0.4 is 4.90 Å². The monoisotopic (exact) mass is 448 g/mol. The van der Waals surface area contributed by atoms with Gasteiger partial charge in [0.2, 0.25) is 5.91 Å². The normalized spacial score (nSPS) is 18.2. The zero-order valence-electron chi connectivity index (χ0n) is 18.1. The van der Waals surface area contributed by atoms with Gasteiger partial charge in [-0.2, -0.15) is 0 Å². The van der Waals surface area contributed by atoms with Gasteiger partial charge in [-0.3, -0.25) is 14.5 Å². The maximum absolute atomic E-state index is 13.0. The van der Waals surface area contributed by atoms with E-state index < -0.39 is 0 Å². The molecule has 1 atom stereocenters. The summed E-state index contributed by atoms with van der Waals surface area (Å²) in [6.07, 6.45) is 2.13. The van der Waals surface area contributed by atoms with Gasteiger partial charge in [0.1, 0.15) is 16.5 Å². The zero-order valence-corrected chi connectivity index (χ0v) is 18.9. The fourth-order valence-electron chi connectivity index (χ4n) is 4.45. The summed E-state index contributed by atoms with van der Waals surface area (Å²) in [6.45, 7) is 5.51. The molecule has 4 heterocycles. The molecule has 2 aliphatic rings. The zero-order chi connectivity index (χ0) is 22.2. The summed E-state index contributed by atoms with van der Waals surface area (Å²) in [5.74, 6) is 1.48. The van der Waals surface area contributed by atoms with E-state index in [-0.39, 0.29) is 17.7 Å². The fraction of sp³-hybridized carbons (Fsp3) is 0.391. The number of likely N-dealkylation sites (tertiary alicyclic amines) is 1. The lowest BCUT2D eigenvalue weighted by molar-refractivity contribution is -0.117. The number of hydrogen-bond acceptors (Lipinski definition) is 7. The molecule has 5 rings (SSSR count). The molecule has 0 unspecified atom stereocenters. The number of rotatable bonds is 4. The molecule has 1 fully saturated rings. The second-order valence-corrected chi connectivity index (χ2v) is 9.14. The van der Waals surface area contributed by atoms with E-state index in [4.69, 9.17) is 9.97 Å². The van der Waals surface area contributed by atoms with Crippen molar-refractivity contribution in [2.75, 3.05) is 18.0 Å². The number of carbonyl (C=O) groups excluding carboxylic acids is 2. The number of fused-ring (bicyclic) bond motifs is 1. The Bertz CT molecular complexity index is 1180. The molecule has 0 bridgehead atoms. The number of benzene rings is 1. The topological polar surface area (TPSA) is 92.2 Å². The van der Waals surface area contributed by atoms with Crippen molar-refractivity contribution in [3.05, 3.63) is 63.5 Å². The highest BCUT2D eigenvalue weighted by Crippen LogP contribution is 2.34. The predicted octanol–water partition coefficient (Wildman–Crippen LogP) is 3.05. The number of aryl methyl sites for hydroxylation is 2. The molecule has 0 spiro atoms. The average molecular weight is 449 g/mol. The summed E-state index contributed by atoms with van der Waals surface area (Å²) < 4.78 is 3.90. The van der Waals surface area contributed by atoms with E-state index in [1.54, 1.807) is 4.90 Å². The Kier molecular flexibility index (Phi) is 5.42. The molecule has 164 valence electrons. The maximum Gasteiger partial charge on any atom is 0.267 e. The van der Waals surface area contributed by atoms with Crippen molar-refractivity contribution in [1.82, 2.24) is 24.5 Å². The summed E-state index contributed by atoms with van der Waals surface area (Å²) in [4.78, 5) is 39.6.